The minimum Gasteiger partial charge on any atom is -0.507 e. The molecule has 0 spiro atoms. The van der Waals surface area contributed by atoms with E-state index in [9.17, 15) is 24.6 Å². The van der Waals surface area contributed by atoms with Crippen LogP contribution < -0.4 is 0 Å². The molecule has 0 bridgehead atoms. The van der Waals surface area contributed by atoms with Crippen LogP contribution >= 0.6 is 0 Å². The maximum atomic E-state index is 15.8. The highest BCUT2D eigenvalue weighted by Gasteiger charge is 2.65. The van der Waals surface area contributed by atoms with Crippen LogP contribution in [-0.2, 0) is 72.6 Å². The van der Waals surface area contributed by atoms with Gasteiger partial charge < -0.3 is 33.6 Å². The summed E-state index contributed by atoms with van der Waals surface area (Å²) in [6.45, 7) is 51.9. The van der Waals surface area contributed by atoms with Gasteiger partial charge in [0.05, 0.1) is 11.1 Å². The van der Waals surface area contributed by atoms with Crippen molar-refractivity contribution in [2.24, 2.45) is 0 Å². The summed E-state index contributed by atoms with van der Waals surface area (Å²) in [5.74, 6) is -0.413. The van der Waals surface area contributed by atoms with E-state index < -0.39 is 23.2 Å². The Bertz CT molecular complexity index is 2630. The summed E-state index contributed by atoms with van der Waals surface area (Å²) in [4.78, 5) is 62.3. The topological polar surface area (TPSA) is 152 Å². The van der Waals surface area contributed by atoms with E-state index in [1.165, 1.54) is 0 Å². The van der Waals surface area contributed by atoms with Crippen molar-refractivity contribution in [1.82, 2.24) is 9.80 Å². The Kier molecular flexibility index (Phi) is 23.0. The molecular weight excluding hydrogens is 1100 g/mol. The molecule has 1 unspecified atom stereocenters. The third-order valence-corrected chi connectivity index (χ3v) is 21.2. The van der Waals surface area contributed by atoms with E-state index in [1.807, 2.05) is 24.3 Å². The van der Waals surface area contributed by atoms with Crippen LogP contribution in [0.15, 0.2) is 24.3 Å². The van der Waals surface area contributed by atoms with E-state index in [1.54, 1.807) is 0 Å². The molecule has 2 aromatic carbocycles. The highest BCUT2D eigenvalue weighted by Crippen LogP contribution is 2.51. The van der Waals surface area contributed by atoms with Gasteiger partial charge in [0.2, 0.25) is 0 Å². The number of carbonyl (C=O) groups is 4. The van der Waals surface area contributed by atoms with E-state index in [-0.39, 0.29) is 104 Å². The molecule has 2 N–H and O–H groups in total. The van der Waals surface area contributed by atoms with Crippen LogP contribution in [-0.4, -0.2) is 133 Å². The maximum absolute atomic E-state index is 15.8. The van der Waals surface area contributed by atoms with Gasteiger partial charge in [-0.25, -0.2) is 4.79 Å². The summed E-state index contributed by atoms with van der Waals surface area (Å²) in [5, 5.41) is 22.9. The highest BCUT2D eigenvalue weighted by molar-refractivity contribution is 5.75. The lowest BCUT2D eigenvalue weighted by atomic mass is 9.72. The van der Waals surface area contributed by atoms with Gasteiger partial charge in [-0.2, -0.15) is 0 Å². The molecule has 0 saturated carbocycles. The minimum atomic E-state index is -0.703. The number of aryl methyl sites for hydroxylation is 2. The van der Waals surface area contributed by atoms with Crippen LogP contribution in [0.5, 0.6) is 11.5 Å². The summed E-state index contributed by atoms with van der Waals surface area (Å²) < 4.78 is 26.2. The number of benzene rings is 2. The first-order valence-corrected chi connectivity index (χ1v) is 33.7. The first kappa shape index (κ1) is 74.5. The number of hydrogen-bond acceptors (Lipinski definition) is 12. The average Bonchev–Trinajstić information content (AvgIpc) is 0.711. The van der Waals surface area contributed by atoms with E-state index in [0.717, 1.165) is 78.3 Å². The number of quaternary nitrogens is 1. The average molecular weight is 1230 g/mol. The fourth-order valence-corrected chi connectivity index (χ4v) is 16.0. The van der Waals surface area contributed by atoms with Gasteiger partial charge in [0.1, 0.15) is 43.0 Å². The predicted octanol–water partition coefficient (Wildman–Crippen LogP) is 16.0. The maximum Gasteiger partial charge on any atom is 0.365 e. The molecule has 0 amide bonds. The number of phenols is 2. The molecule has 3 aliphatic heterocycles. The van der Waals surface area contributed by atoms with Crippen LogP contribution in [0, 0.1) is 0 Å². The number of piperidine rings is 3. The second kappa shape index (κ2) is 27.2. The molecule has 5 rings (SSSR count). The van der Waals surface area contributed by atoms with Gasteiger partial charge in [0.15, 0.2) is 6.04 Å². The first-order chi connectivity index (χ1) is 39.9. The number of aromatic hydroxyl groups is 2. The number of hydrogen-bond donors (Lipinski definition) is 2. The number of ether oxygens (including phenoxy) is 4. The Labute approximate surface area is 535 Å². The number of rotatable bonds is 22. The number of carbonyl (C=O) groups excluding carboxylic acids is 4. The van der Waals surface area contributed by atoms with Crippen LogP contribution in [0.3, 0.4) is 0 Å². The Balaban J connectivity index is 1.45. The van der Waals surface area contributed by atoms with Crippen LogP contribution in [0.1, 0.15) is 296 Å². The van der Waals surface area contributed by atoms with Gasteiger partial charge in [0, 0.05) is 86.4 Å². The molecule has 500 valence electrons. The monoisotopic (exact) mass is 1230 g/mol. The SMILES string of the molecule is CN1C(C)(C)CC(OC(=O)CCCCCCCC(C(=O)OC2CC(C)(C)N(C)C(C)(C)C2)[N+]2(CCOC(=O)CCc3cc(C(C)(C)C)c(O)c(C(C)(C)C)c3)C(C)(C)CC(OC(=O)CCc3cc(C(C)(C)C)c(O)c(C(C)(C)C)c3)CC2(C)C)CC1(C)C. The van der Waals surface area contributed by atoms with Crippen molar-refractivity contribution in [3.05, 3.63) is 57.6 Å². The molecule has 13 heteroatoms. The zero-order valence-corrected chi connectivity index (χ0v) is 60.6. The summed E-state index contributed by atoms with van der Waals surface area (Å²) in [6, 6.07) is 7.45. The quantitative estimate of drug-likeness (QED) is 0.0499. The van der Waals surface area contributed by atoms with E-state index >= 15 is 4.79 Å². The molecule has 3 saturated heterocycles. The molecule has 0 aliphatic carbocycles. The molecule has 88 heavy (non-hydrogen) atoms. The Hall–Kier alpha value is -4.20. The molecule has 1 atom stereocenters. The molecule has 3 heterocycles. The fraction of sp³-hybridized carbons (Fsp3) is 0.787. The normalized spacial score (nSPS) is 22.8. The molecule has 0 aromatic heterocycles. The van der Waals surface area contributed by atoms with Crippen molar-refractivity contribution in [2.75, 3.05) is 27.2 Å². The van der Waals surface area contributed by atoms with Crippen molar-refractivity contribution in [2.45, 2.75) is 355 Å². The van der Waals surface area contributed by atoms with E-state index in [4.69, 9.17) is 18.9 Å². The van der Waals surface area contributed by atoms with Crippen molar-refractivity contribution >= 4 is 23.9 Å². The first-order valence-electron chi connectivity index (χ1n) is 33.7. The number of unbranched alkanes of at least 4 members (excludes halogenated alkanes) is 4. The van der Waals surface area contributed by atoms with Gasteiger partial charge in [-0.05, 0) is 178 Å². The third kappa shape index (κ3) is 17.9. The lowest BCUT2D eigenvalue weighted by Gasteiger charge is -2.65. The fourth-order valence-electron chi connectivity index (χ4n) is 16.0. The number of likely N-dealkylation sites (tertiary alicyclic amines) is 3. The van der Waals surface area contributed by atoms with E-state index in [2.05, 4.69) is 190 Å². The standard InChI is InChI=1S/C75H125N3O10/c1-66(2,3)55-40-50(41-56(63(55)82)67(4,5)6)34-36-60(79)85-39-38-78(74(21,22)48-54(49-75(78,23)24)87-62(81)37-35-51-42-57(68(7,8)9)64(83)58(43-51)69(10,11)12)59(65(84)88-53-46-72(17,18)77(26)73(19,20)47-53)32-30-28-27-29-31-33-61(80)86-52-44-70(13,14)76(25)71(15,16)45-52/h40-43,52-54,59H,27-39,44-49H2,1-26H3,(H-,82,83)/p+1. The zero-order valence-electron chi connectivity index (χ0n) is 60.6. The number of phenolic OH excluding ortho intramolecular Hbond substituents is 2. The van der Waals surface area contributed by atoms with Crippen LogP contribution in [0.2, 0.25) is 0 Å². The van der Waals surface area contributed by atoms with Gasteiger partial charge in [-0.15, -0.1) is 0 Å². The second-order valence-corrected chi connectivity index (χ2v) is 35.2. The summed E-state index contributed by atoms with van der Waals surface area (Å²) in [7, 11) is 4.31. The van der Waals surface area contributed by atoms with Crippen molar-refractivity contribution < 1.29 is 52.8 Å². The van der Waals surface area contributed by atoms with Crippen molar-refractivity contribution in [3.63, 3.8) is 0 Å². The van der Waals surface area contributed by atoms with Crippen molar-refractivity contribution in [1.29, 1.82) is 0 Å². The highest BCUT2D eigenvalue weighted by atomic mass is 16.6. The summed E-state index contributed by atoms with van der Waals surface area (Å²) in [6.07, 6.45) is 9.14. The Morgan fingerprint density at radius 3 is 1.17 bits per heavy atom. The van der Waals surface area contributed by atoms with Gasteiger partial charge in [-0.3, -0.25) is 24.2 Å². The zero-order chi connectivity index (χ0) is 67.0. The Morgan fingerprint density at radius 2 is 0.795 bits per heavy atom. The molecule has 3 fully saturated rings. The van der Waals surface area contributed by atoms with Gasteiger partial charge >= 0.3 is 23.9 Å². The lowest BCUT2D eigenvalue weighted by Crippen LogP contribution is -2.80. The summed E-state index contributed by atoms with van der Waals surface area (Å²) >= 11 is 0. The Morgan fingerprint density at radius 1 is 0.477 bits per heavy atom. The number of nitrogens with zero attached hydrogens (tertiary/aromatic N) is 3. The molecular formula is C75H126N3O10+. The molecule has 13 nitrogen and oxygen atoms in total. The lowest BCUT2D eigenvalue weighted by molar-refractivity contribution is -1.03. The van der Waals surface area contributed by atoms with Crippen molar-refractivity contribution in [3.8, 4) is 11.5 Å². The molecule has 3 aliphatic rings. The minimum absolute atomic E-state index is 0.0622. The van der Waals surface area contributed by atoms with Gasteiger partial charge in [0.25, 0.3) is 0 Å². The van der Waals surface area contributed by atoms with Crippen LogP contribution in [0.4, 0.5) is 0 Å². The second-order valence-electron chi connectivity index (χ2n) is 35.2. The molecule has 2 aromatic rings. The van der Waals surface area contributed by atoms with Crippen LogP contribution in [0.25, 0.3) is 0 Å². The smallest absolute Gasteiger partial charge is 0.365 e. The van der Waals surface area contributed by atoms with Gasteiger partial charge in [-0.1, -0.05) is 127 Å². The third-order valence-electron chi connectivity index (χ3n) is 21.2. The predicted molar refractivity (Wildman–Crippen MR) is 357 cm³/mol. The van der Waals surface area contributed by atoms with E-state index in [0.29, 0.717) is 69.4 Å². The molecule has 0 radical (unpaired) electrons. The number of esters is 4. The summed E-state index contributed by atoms with van der Waals surface area (Å²) in [5.41, 5.74) is 2.04. The largest absolute Gasteiger partial charge is 0.507 e.